The highest BCUT2D eigenvalue weighted by Gasteiger charge is 2.27. The maximum absolute atomic E-state index is 12.6. The van der Waals surface area contributed by atoms with Crippen LogP contribution in [0, 0.1) is 41.0 Å². The summed E-state index contributed by atoms with van der Waals surface area (Å²) in [6, 6.07) is 4.36. The first-order valence-electron chi connectivity index (χ1n) is 9.36. The van der Waals surface area contributed by atoms with Gasteiger partial charge in [-0.1, -0.05) is 0 Å². The summed E-state index contributed by atoms with van der Waals surface area (Å²) in [6.07, 6.45) is 0. The molecule has 0 radical (unpaired) electrons. The van der Waals surface area contributed by atoms with E-state index in [4.69, 9.17) is 0 Å². The minimum atomic E-state index is -4.35. The van der Waals surface area contributed by atoms with Crippen LogP contribution in [-0.4, -0.2) is 39.6 Å². The second-order valence-corrected chi connectivity index (χ2v) is 9.90. The molecule has 0 saturated carbocycles. The van der Waals surface area contributed by atoms with Gasteiger partial charge >= 0.3 is 0 Å². The number of hydrogen-bond donors (Lipinski definition) is 1. The van der Waals surface area contributed by atoms with Gasteiger partial charge in [0.25, 0.3) is 16.9 Å². The largest absolute Gasteiger partial charge is 0.280 e. The fraction of sp³-hybridized carbons (Fsp3) is 0.278. The summed E-state index contributed by atoms with van der Waals surface area (Å²) in [7, 11) is -4.35. The van der Waals surface area contributed by atoms with Gasteiger partial charge < -0.3 is 0 Å². The SMILES string of the molecule is Cc1nc(C)c(-c2ccc(=O)n(CCNS(=O)(=O)c3cc([N+](=O)[O-])c(C)c([N+](=O)[O-])c3)n2)s1. The number of aryl methyl sites for hydroxylation is 2. The van der Waals surface area contributed by atoms with Crippen LogP contribution in [0.3, 0.4) is 0 Å². The van der Waals surface area contributed by atoms with E-state index in [9.17, 15) is 33.4 Å². The van der Waals surface area contributed by atoms with Gasteiger partial charge in [0, 0.05) is 24.7 Å². The number of thiazole rings is 1. The maximum atomic E-state index is 12.6. The molecule has 0 unspecified atom stereocenters. The average Bonchev–Trinajstić information content (AvgIpc) is 3.06. The third-order valence-corrected chi connectivity index (χ3v) is 7.18. The minimum Gasteiger partial charge on any atom is -0.268 e. The number of nitro benzene ring substituents is 2. The van der Waals surface area contributed by atoms with Crippen molar-refractivity contribution in [2.24, 2.45) is 0 Å². The summed E-state index contributed by atoms with van der Waals surface area (Å²) >= 11 is 1.41. The van der Waals surface area contributed by atoms with Crippen molar-refractivity contribution in [1.29, 1.82) is 0 Å². The lowest BCUT2D eigenvalue weighted by Crippen LogP contribution is -2.32. The molecule has 0 aliphatic carbocycles. The van der Waals surface area contributed by atoms with Crippen molar-refractivity contribution in [3.63, 3.8) is 0 Å². The van der Waals surface area contributed by atoms with Crippen LogP contribution in [0.4, 0.5) is 11.4 Å². The van der Waals surface area contributed by atoms with E-state index in [0.717, 1.165) is 39.3 Å². The molecule has 15 heteroatoms. The summed E-state index contributed by atoms with van der Waals surface area (Å²) in [5.41, 5.74) is -0.844. The fourth-order valence-electron chi connectivity index (χ4n) is 3.06. The molecule has 0 fully saturated rings. The van der Waals surface area contributed by atoms with Gasteiger partial charge in [0.2, 0.25) is 10.0 Å². The molecule has 1 aromatic carbocycles. The zero-order chi connectivity index (χ0) is 24.5. The van der Waals surface area contributed by atoms with E-state index in [1.54, 1.807) is 6.07 Å². The highest BCUT2D eigenvalue weighted by atomic mass is 32.2. The van der Waals surface area contributed by atoms with Gasteiger partial charge in [0.05, 0.1) is 36.9 Å². The smallest absolute Gasteiger partial charge is 0.268 e. The van der Waals surface area contributed by atoms with Gasteiger partial charge in [0.15, 0.2) is 0 Å². The summed E-state index contributed by atoms with van der Waals surface area (Å²) < 4.78 is 28.5. The van der Waals surface area contributed by atoms with E-state index in [1.807, 2.05) is 13.8 Å². The van der Waals surface area contributed by atoms with Crippen LogP contribution in [0.1, 0.15) is 16.3 Å². The van der Waals surface area contributed by atoms with Crippen LogP contribution < -0.4 is 10.3 Å². The predicted octanol–water partition coefficient (Wildman–Crippen LogP) is 2.09. The molecule has 1 N–H and O–H groups in total. The number of nitrogens with zero attached hydrogens (tertiary/aromatic N) is 5. The number of benzene rings is 1. The van der Waals surface area contributed by atoms with Crippen molar-refractivity contribution >= 4 is 32.7 Å². The first kappa shape index (κ1) is 24.1. The molecule has 2 aromatic heterocycles. The van der Waals surface area contributed by atoms with Crippen LogP contribution >= 0.6 is 11.3 Å². The Morgan fingerprint density at radius 1 is 1.09 bits per heavy atom. The van der Waals surface area contributed by atoms with Gasteiger partial charge in [0.1, 0.15) is 11.3 Å². The lowest BCUT2D eigenvalue weighted by molar-refractivity contribution is -0.395. The Kier molecular flexibility index (Phi) is 6.66. The third-order valence-electron chi connectivity index (χ3n) is 4.65. The minimum absolute atomic E-state index is 0.140. The van der Waals surface area contributed by atoms with Crippen molar-refractivity contribution in [2.75, 3.05) is 6.54 Å². The summed E-state index contributed by atoms with van der Waals surface area (Å²) in [5, 5.41) is 27.5. The zero-order valence-electron chi connectivity index (χ0n) is 17.6. The molecule has 0 amide bonds. The number of nitro groups is 2. The number of rotatable bonds is 8. The number of aromatic nitrogens is 3. The van der Waals surface area contributed by atoms with E-state index in [2.05, 4.69) is 14.8 Å². The fourth-order valence-corrected chi connectivity index (χ4v) is 5.01. The van der Waals surface area contributed by atoms with E-state index in [-0.39, 0.29) is 18.7 Å². The summed E-state index contributed by atoms with van der Waals surface area (Å²) in [6.45, 7) is 4.39. The molecule has 2 heterocycles. The van der Waals surface area contributed by atoms with Crippen molar-refractivity contribution in [3.8, 4) is 10.6 Å². The molecule has 0 aliphatic rings. The van der Waals surface area contributed by atoms with Gasteiger partial charge in [-0.05, 0) is 26.8 Å². The molecular weight excluding hydrogens is 476 g/mol. The quantitative estimate of drug-likeness (QED) is 0.362. The molecular formula is C18H18N6O7S2. The predicted molar refractivity (Wildman–Crippen MR) is 119 cm³/mol. The highest BCUT2D eigenvalue weighted by Crippen LogP contribution is 2.31. The molecule has 0 bridgehead atoms. The lowest BCUT2D eigenvalue weighted by atomic mass is 10.1. The van der Waals surface area contributed by atoms with E-state index in [0.29, 0.717) is 5.69 Å². The maximum Gasteiger partial charge on any atom is 0.280 e. The Bertz CT molecular complexity index is 1390. The van der Waals surface area contributed by atoms with Crippen LogP contribution in [0.15, 0.2) is 34.0 Å². The molecule has 0 saturated heterocycles. The summed E-state index contributed by atoms with van der Waals surface area (Å²) in [4.78, 5) is 37.3. The molecule has 0 aliphatic heterocycles. The number of sulfonamides is 1. The van der Waals surface area contributed by atoms with E-state index in [1.165, 1.54) is 17.4 Å². The van der Waals surface area contributed by atoms with Crippen molar-refractivity contribution in [3.05, 3.63) is 71.1 Å². The Hall–Kier alpha value is -3.56. The molecule has 33 heavy (non-hydrogen) atoms. The number of hydrogen-bond acceptors (Lipinski definition) is 10. The van der Waals surface area contributed by atoms with Crippen molar-refractivity contribution in [1.82, 2.24) is 19.5 Å². The molecule has 13 nitrogen and oxygen atoms in total. The monoisotopic (exact) mass is 494 g/mol. The summed E-state index contributed by atoms with van der Waals surface area (Å²) in [5.74, 6) is 0. The third kappa shape index (κ3) is 5.10. The van der Waals surface area contributed by atoms with Gasteiger partial charge in [-0.15, -0.1) is 11.3 Å². The van der Waals surface area contributed by atoms with Crippen LogP contribution in [-0.2, 0) is 16.6 Å². The van der Waals surface area contributed by atoms with Crippen LogP contribution in [0.25, 0.3) is 10.6 Å². The Balaban J connectivity index is 1.84. The Labute approximate surface area is 191 Å². The second-order valence-electron chi connectivity index (χ2n) is 6.93. The highest BCUT2D eigenvalue weighted by molar-refractivity contribution is 7.89. The number of nitrogens with one attached hydrogen (secondary N) is 1. The average molecular weight is 495 g/mol. The normalized spacial score (nSPS) is 11.5. The van der Waals surface area contributed by atoms with E-state index < -0.39 is 41.7 Å². The topological polar surface area (TPSA) is 180 Å². The van der Waals surface area contributed by atoms with Crippen LogP contribution in [0.2, 0.25) is 0 Å². The van der Waals surface area contributed by atoms with Gasteiger partial charge in [-0.2, -0.15) is 5.10 Å². The Morgan fingerprint density at radius 2 is 1.70 bits per heavy atom. The first-order chi connectivity index (χ1) is 15.4. The lowest BCUT2D eigenvalue weighted by Gasteiger charge is -2.10. The molecule has 0 atom stereocenters. The zero-order valence-corrected chi connectivity index (χ0v) is 19.3. The molecule has 0 spiro atoms. The van der Waals surface area contributed by atoms with Gasteiger partial charge in [-0.25, -0.2) is 22.8 Å². The Morgan fingerprint density at radius 3 is 2.21 bits per heavy atom. The standard InChI is InChI=1S/C18H18N6O7S2/c1-10-15(23(26)27)8-13(9-16(10)24(28)29)33(30,31)19-6-7-22-17(25)5-4-14(21-22)18-11(2)20-12(3)32-18/h4-5,8-9,19H,6-7H2,1-3H3. The van der Waals surface area contributed by atoms with E-state index >= 15 is 0 Å². The molecule has 3 aromatic rings. The van der Waals surface area contributed by atoms with Gasteiger partial charge in [-0.3, -0.25) is 25.0 Å². The van der Waals surface area contributed by atoms with Crippen molar-refractivity contribution < 1.29 is 18.3 Å². The molecule has 174 valence electrons. The second kappa shape index (κ2) is 9.13. The van der Waals surface area contributed by atoms with Crippen molar-refractivity contribution in [2.45, 2.75) is 32.2 Å². The molecule has 3 rings (SSSR count). The first-order valence-corrected chi connectivity index (χ1v) is 11.7. The van der Waals surface area contributed by atoms with Crippen LogP contribution in [0.5, 0.6) is 0 Å².